The molecular weight excluding hydrogens is 378 g/mol. The van der Waals surface area contributed by atoms with Crippen molar-refractivity contribution in [2.75, 3.05) is 0 Å². The third kappa shape index (κ3) is 5.16. The minimum atomic E-state index is 0. The van der Waals surface area contributed by atoms with Gasteiger partial charge in [-0.2, -0.15) is 11.6 Å². The van der Waals surface area contributed by atoms with Crippen molar-refractivity contribution in [2.24, 2.45) is 0 Å². The van der Waals surface area contributed by atoms with Gasteiger partial charge < -0.3 is 0 Å². The molecule has 2 rings (SSSR count). The molecule has 0 fully saturated rings. The Morgan fingerprint density at radius 2 is 1.57 bits per heavy atom. The predicted molar refractivity (Wildman–Crippen MR) is 95.7 cm³/mol. The Balaban J connectivity index is 0. The van der Waals surface area contributed by atoms with Crippen molar-refractivity contribution < 1.29 is 26.2 Å². The summed E-state index contributed by atoms with van der Waals surface area (Å²) in [6.45, 7) is 13.8. The van der Waals surface area contributed by atoms with E-state index in [0.717, 1.165) is 6.42 Å². The van der Waals surface area contributed by atoms with Gasteiger partial charge in [-0.25, -0.2) is 0 Å². The van der Waals surface area contributed by atoms with Crippen LogP contribution in [0, 0.1) is 0 Å². The van der Waals surface area contributed by atoms with Crippen LogP contribution >= 0.6 is 24.8 Å². The van der Waals surface area contributed by atoms with Crippen LogP contribution in [0.5, 0.6) is 0 Å². The summed E-state index contributed by atoms with van der Waals surface area (Å²) < 4.78 is 0. The summed E-state index contributed by atoms with van der Waals surface area (Å²) in [5.41, 5.74) is 6.38. The quantitative estimate of drug-likeness (QED) is 0.489. The predicted octanol–water partition coefficient (Wildman–Crippen LogP) is 6.18. The Labute approximate surface area is 161 Å². The third-order valence-electron chi connectivity index (χ3n) is 3.66. The maximum atomic E-state index is 2.33. The molecule has 1 aromatic rings. The summed E-state index contributed by atoms with van der Waals surface area (Å²) in [5.74, 6) is 0. The van der Waals surface area contributed by atoms with Crippen molar-refractivity contribution in [3.63, 3.8) is 0 Å². The van der Waals surface area contributed by atoms with Gasteiger partial charge in [-0.05, 0) is 11.8 Å². The molecule has 0 spiro atoms. The second-order valence-electron chi connectivity index (χ2n) is 7.36. The van der Waals surface area contributed by atoms with E-state index in [9.17, 15) is 0 Å². The Morgan fingerprint density at radius 1 is 1.00 bits per heavy atom. The van der Waals surface area contributed by atoms with Crippen LogP contribution in [0.15, 0.2) is 30.4 Å². The maximum Gasteiger partial charge on any atom is 0 e. The second-order valence-corrected chi connectivity index (χ2v) is 7.36. The van der Waals surface area contributed by atoms with Crippen LogP contribution in [0.4, 0.5) is 0 Å². The van der Waals surface area contributed by atoms with Crippen molar-refractivity contribution in [2.45, 2.75) is 58.8 Å². The summed E-state index contributed by atoms with van der Waals surface area (Å²) in [7, 11) is 0. The summed E-state index contributed by atoms with van der Waals surface area (Å²) in [4.78, 5) is 0. The Bertz CT molecular complexity index is 477. The van der Waals surface area contributed by atoms with Crippen LogP contribution in [0.2, 0.25) is 0 Å². The Morgan fingerprint density at radius 3 is 1.95 bits per heavy atom. The van der Waals surface area contributed by atoms with E-state index in [1.54, 1.807) is 0 Å². The van der Waals surface area contributed by atoms with E-state index in [1.165, 1.54) is 22.3 Å². The van der Waals surface area contributed by atoms with Gasteiger partial charge in [-0.1, -0.05) is 59.1 Å². The Kier molecular flexibility index (Phi) is 9.23. The molecule has 0 atom stereocenters. The van der Waals surface area contributed by atoms with Gasteiger partial charge in [0.05, 0.1) is 0 Å². The molecule has 0 aromatic heterocycles. The number of allylic oxidation sites excluding steroid dienone is 4. The van der Waals surface area contributed by atoms with E-state index in [1.807, 2.05) is 0 Å². The molecule has 0 unspecified atom stereocenters. The summed E-state index contributed by atoms with van der Waals surface area (Å²) in [6, 6.07) is 4.66. The largest absolute Gasteiger partial charge is 0.171 e. The molecule has 0 saturated carbocycles. The standard InChI is InChI=1S/C18H25.2ClH.Zr/c1-17(2,3)14-11-12-15(18(4,5)6)16(14)13-9-7-8-10-13;;;/h7-9,11-12H,10H2,1-6H3;2*1H;/q-1;;;. The van der Waals surface area contributed by atoms with Gasteiger partial charge in [0.25, 0.3) is 0 Å². The van der Waals surface area contributed by atoms with Gasteiger partial charge in [0.2, 0.25) is 0 Å². The average molecular weight is 406 g/mol. The smallest absolute Gasteiger partial charge is 0 e. The topological polar surface area (TPSA) is 0 Å². The molecular formula is C18H27Cl2Zr-. The number of hydrogen-bond acceptors (Lipinski definition) is 0. The molecule has 1 aliphatic rings. The molecule has 0 N–H and O–H groups in total. The van der Waals surface area contributed by atoms with Gasteiger partial charge in [0.1, 0.15) is 0 Å². The molecule has 0 saturated heterocycles. The zero-order valence-electron chi connectivity index (χ0n) is 13.9. The minimum absolute atomic E-state index is 0. The normalized spacial score (nSPS) is 13.9. The minimum Gasteiger partial charge on any atom is -0.171 e. The number of halogens is 2. The summed E-state index contributed by atoms with van der Waals surface area (Å²) in [6.07, 6.45) is 7.79. The first kappa shape index (κ1) is 23.6. The van der Waals surface area contributed by atoms with Crippen LogP contribution in [0.3, 0.4) is 0 Å². The van der Waals surface area contributed by atoms with Crippen molar-refractivity contribution in [1.82, 2.24) is 0 Å². The molecule has 21 heavy (non-hydrogen) atoms. The molecule has 0 heterocycles. The zero-order chi connectivity index (χ0) is 13.6. The number of rotatable bonds is 1. The van der Waals surface area contributed by atoms with E-state index in [-0.39, 0.29) is 61.8 Å². The van der Waals surface area contributed by atoms with E-state index in [4.69, 9.17) is 0 Å². The van der Waals surface area contributed by atoms with Gasteiger partial charge >= 0.3 is 0 Å². The summed E-state index contributed by atoms with van der Waals surface area (Å²) >= 11 is 0. The van der Waals surface area contributed by atoms with Crippen LogP contribution in [0.25, 0.3) is 5.57 Å². The van der Waals surface area contributed by atoms with E-state index in [2.05, 4.69) is 71.9 Å². The molecule has 1 aliphatic carbocycles. The van der Waals surface area contributed by atoms with Gasteiger partial charge in [0.15, 0.2) is 0 Å². The van der Waals surface area contributed by atoms with Crippen molar-refractivity contribution in [3.8, 4) is 0 Å². The number of hydrogen-bond donors (Lipinski definition) is 0. The maximum absolute atomic E-state index is 2.33. The fourth-order valence-electron chi connectivity index (χ4n) is 2.71. The van der Waals surface area contributed by atoms with Crippen molar-refractivity contribution in [3.05, 3.63) is 47.1 Å². The Hall–Kier alpha value is 0.293. The van der Waals surface area contributed by atoms with Gasteiger partial charge in [0, 0.05) is 26.2 Å². The summed E-state index contributed by atoms with van der Waals surface area (Å²) in [5, 5.41) is 0. The van der Waals surface area contributed by atoms with E-state index < -0.39 is 0 Å². The van der Waals surface area contributed by atoms with Gasteiger partial charge in [-0.3, -0.25) is 0 Å². The third-order valence-corrected chi connectivity index (χ3v) is 3.66. The van der Waals surface area contributed by atoms with Crippen molar-refractivity contribution in [1.29, 1.82) is 0 Å². The second kappa shape index (κ2) is 8.23. The molecule has 0 nitrogen and oxygen atoms in total. The fourth-order valence-corrected chi connectivity index (χ4v) is 2.71. The van der Waals surface area contributed by atoms with E-state index >= 15 is 0 Å². The van der Waals surface area contributed by atoms with Crippen LogP contribution in [0.1, 0.15) is 64.7 Å². The molecule has 0 aliphatic heterocycles. The monoisotopic (exact) mass is 403 g/mol. The zero-order valence-corrected chi connectivity index (χ0v) is 18.0. The van der Waals surface area contributed by atoms with Crippen LogP contribution in [-0.4, -0.2) is 0 Å². The molecule has 0 radical (unpaired) electrons. The van der Waals surface area contributed by atoms with Crippen LogP contribution in [-0.2, 0) is 37.0 Å². The molecule has 118 valence electrons. The molecule has 3 heteroatoms. The SMILES string of the molecule is CC(C)(C)c1cc[c-](C(C)(C)C)c1C1=CC=CC1.Cl.Cl.[Zr]. The first-order valence-electron chi connectivity index (χ1n) is 6.88. The first-order chi connectivity index (χ1) is 8.21. The van der Waals surface area contributed by atoms with Gasteiger partial charge in [-0.15, -0.1) is 53.7 Å². The molecule has 1 aromatic carbocycles. The van der Waals surface area contributed by atoms with Crippen molar-refractivity contribution >= 4 is 30.4 Å². The average Bonchev–Trinajstić information content (AvgIpc) is 2.83. The van der Waals surface area contributed by atoms with Crippen LogP contribution < -0.4 is 0 Å². The molecule has 0 amide bonds. The van der Waals surface area contributed by atoms with E-state index in [0.29, 0.717) is 0 Å². The fraction of sp³-hybridized carbons (Fsp3) is 0.500. The first-order valence-corrected chi connectivity index (χ1v) is 6.88. The molecule has 0 bridgehead atoms.